The number of benzene rings is 2. The van der Waals surface area contributed by atoms with E-state index in [-0.39, 0.29) is 42.8 Å². The summed E-state index contributed by atoms with van der Waals surface area (Å²) in [6.45, 7) is 3.63. The van der Waals surface area contributed by atoms with Crippen molar-refractivity contribution in [3.63, 3.8) is 0 Å². The van der Waals surface area contributed by atoms with Crippen molar-refractivity contribution in [1.82, 2.24) is 19.2 Å². The Hall–Kier alpha value is -3.93. The third-order valence-electron chi connectivity index (χ3n) is 6.69. The number of halogens is 4. The van der Waals surface area contributed by atoms with Crippen LogP contribution in [-0.4, -0.2) is 50.8 Å². The van der Waals surface area contributed by atoms with Crippen LogP contribution in [0.25, 0.3) is 5.69 Å². The first kappa shape index (κ1) is 29.1. The van der Waals surface area contributed by atoms with Gasteiger partial charge in [0.1, 0.15) is 0 Å². The third-order valence-corrected chi connectivity index (χ3v) is 7.09. The number of ether oxygens (including phenoxy) is 1. The summed E-state index contributed by atoms with van der Waals surface area (Å²) in [6, 6.07) is 8.64. The van der Waals surface area contributed by atoms with Gasteiger partial charge >= 0.3 is 17.8 Å². The lowest BCUT2D eigenvalue weighted by atomic mass is 9.97. The predicted octanol–water partition coefficient (Wildman–Crippen LogP) is 3.84. The highest BCUT2D eigenvalue weighted by atomic mass is 35.5. The Morgan fingerprint density at radius 3 is 2.30 bits per heavy atom. The van der Waals surface area contributed by atoms with Gasteiger partial charge in [0, 0.05) is 18.1 Å². The summed E-state index contributed by atoms with van der Waals surface area (Å²) < 4.78 is 45.7. The first-order chi connectivity index (χ1) is 18.9. The fourth-order valence-electron chi connectivity index (χ4n) is 4.38. The van der Waals surface area contributed by atoms with E-state index in [4.69, 9.17) is 16.3 Å². The van der Waals surface area contributed by atoms with Gasteiger partial charge in [-0.15, -0.1) is 0 Å². The quantitative estimate of drug-likeness (QED) is 0.412. The number of piperidine rings is 1. The molecule has 1 aliphatic heterocycles. The molecule has 1 aliphatic rings. The first-order valence-corrected chi connectivity index (χ1v) is 12.9. The van der Waals surface area contributed by atoms with Gasteiger partial charge in [0.25, 0.3) is 11.5 Å². The monoisotopic (exact) mass is 578 g/mol. The highest BCUT2D eigenvalue weighted by Gasteiger charge is 2.32. The number of aryl methyl sites for hydroxylation is 1. The van der Waals surface area contributed by atoms with Crippen molar-refractivity contribution >= 4 is 23.5 Å². The van der Waals surface area contributed by atoms with Crippen LogP contribution >= 0.6 is 11.6 Å². The maximum absolute atomic E-state index is 13.5. The molecule has 4 rings (SSSR count). The van der Waals surface area contributed by atoms with Crippen LogP contribution in [-0.2, 0) is 22.3 Å². The van der Waals surface area contributed by atoms with Gasteiger partial charge < -0.3 is 9.64 Å². The zero-order chi connectivity index (χ0) is 29.2. The molecular formula is C27H26ClF3N4O5. The Bertz CT molecular complexity index is 1540. The number of amides is 1. The van der Waals surface area contributed by atoms with Crippen LogP contribution in [0.3, 0.4) is 0 Å². The Kier molecular flexibility index (Phi) is 8.48. The second-order valence-electron chi connectivity index (χ2n) is 9.38. The van der Waals surface area contributed by atoms with Crippen LogP contribution in [0.1, 0.15) is 46.9 Å². The minimum Gasteiger partial charge on any atom is -0.466 e. The van der Waals surface area contributed by atoms with Gasteiger partial charge in [-0.2, -0.15) is 23.0 Å². The van der Waals surface area contributed by atoms with Crippen LogP contribution in [0, 0.1) is 12.8 Å². The molecule has 0 radical (unpaired) electrons. The van der Waals surface area contributed by atoms with Crippen LogP contribution in [0.15, 0.2) is 52.1 Å². The van der Waals surface area contributed by atoms with Gasteiger partial charge in [-0.3, -0.25) is 19.0 Å². The first-order valence-electron chi connectivity index (χ1n) is 12.5. The molecule has 9 nitrogen and oxygen atoms in total. The summed E-state index contributed by atoms with van der Waals surface area (Å²) in [5.41, 5.74) is -2.17. The smallest absolute Gasteiger partial charge is 0.416 e. The van der Waals surface area contributed by atoms with E-state index in [1.54, 1.807) is 26.0 Å². The molecule has 1 fully saturated rings. The lowest BCUT2D eigenvalue weighted by Gasteiger charge is -2.30. The summed E-state index contributed by atoms with van der Waals surface area (Å²) in [7, 11) is 0. The van der Waals surface area contributed by atoms with Gasteiger partial charge in [-0.25, -0.2) is 4.79 Å². The fraction of sp³-hybridized carbons (Fsp3) is 0.370. The highest BCUT2D eigenvalue weighted by molar-refractivity contribution is 6.31. The SMILES string of the molecule is CCOC(=O)C1CCN(C(=O)c2nn(-c3ccc(C)c(Cl)c3)c(=O)n(Cc3ccc(C(F)(F)F)cc3)c2=O)CC1. The molecule has 0 bridgehead atoms. The second-order valence-corrected chi connectivity index (χ2v) is 9.79. The van der Waals surface area contributed by atoms with E-state index in [0.717, 1.165) is 39.1 Å². The van der Waals surface area contributed by atoms with E-state index in [0.29, 0.717) is 17.9 Å². The van der Waals surface area contributed by atoms with Crippen LogP contribution < -0.4 is 11.2 Å². The Labute approximate surface area is 231 Å². The number of likely N-dealkylation sites (tertiary alicyclic amines) is 1. The minimum atomic E-state index is -4.55. The Balaban J connectivity index is 1.74. The molecule has 0 aliphatic carbocycles. The molecule has 2 aromatic carbocycles. The molecule has 0 saturated carbocycles. The maximum atomic E-state index is 13.5. The van der Waals surface area contributed by atoms with E-state index in [1.165, 1.54) is 11.0 Å². The fourth-order valence-corrected chi connectivity index (χ4v) is 4.55. The molecule has 1 saturated heterocycles. The maximum Gasteiger partial charge on any atom is 0.416 e. The molecule has 1 amide bonds. The molecule has 1 aromatic heterocycles. The summed E-state index contributed by atoms with van der Waals surface area (Å²) in [5, 5.41) is 4.42. The molecule has 40 heavy (non-hydrogen) atoms. The second kappa shape index (κ2) is 11.7. The number of aromatic nitrogens is 3. The standard InChI is InChI=1S/C27H26ClF3N4O5/c1-3-40-25(38)18-10-12-33(13-11-18)23(36)22-24(37)34(15-17-5-7-19(8-6-17)27(29,30)31)26(39)35(32-22)20-9-4-16(2)21(28)14-20/h4-9,14,18H,3,10-13,15H2,1-2H3. The average Bonchev–Trinajstić information content (AvgIpc) is 2.92. The molecule has 3 aromatic rings. The van der Waals surface area contributed by atoms with E-state index in [9.17, 15) is 32.3 Å². The van der Waals surface area contributed by atoms with Crippen molar-refractivity contribution < 1.29 is 27.5 Å². The van der Waals surface area contributed by atoms with Crippen molar-refractivity contribution in [2.45, 2.75) is 39.4 Å². The summed E-state index contributed by atoms with van der Waals surface area (Å²) in [4.78, 5) is 53.8. The van der Waals surface area contributed by atoms with Gasteiger partial charge in [0.2, 0.25) is 5.69 Å². The largest absolute Gasteiger partial charge is 0.466 e. The number of alkyl halides is 3. The molecule has 0 atom stereocenters. The van der Waals surface area contributed by atoms with Gasteiger partial charge in [-0.05, 0) is 62.1 Å². The van der Waals surface area contributed by atoms with Gasteiger partial charge in [0.15, 0.2) is 0 Å². The Morgan fingerprint density at radius 1 is 1.07 bits per heavy atom. The zero-order valence-corrected chi connectivity index (χ0v) is 22.5. The summed E-state index contributed by atoms with van der Waals surface area (Å²) in [5.74, 6) is -1.46. The number of hydrogen-bond acceptors (Lipinski definition) is 6. The molecule has 13 heteroatoms. The van der Waals surface area contributed by atoms with Crippen molar-refractivity contribution in [3.05, 3.63) is 90.7 Å². The number of nitrogens with zero attached hydrogens (tertiary/aromatic N) is 4. The third kappa shape index (κ3) is 6.11. The number of hydrogen-bond donors (Lipinski definition) is 0. The van der Waals surface area contributed by atoms with E-state index < -0.39 is 41.1 Å². The van der Waals surface area contributed by atoms with Crippen LogP contribution in [0.4, 0.5) is 13.2 Å². The summed E-state index contributed by atoms with van der Waals surface area (Å²) in [6.07, 6.45) is -3.89. The molecule has 0 spiro atoms. The van der Waals surface area contributed by atoms with Crippen molar-refractivity contribution in [2.24, 2.45) is 5.92 Å². The van der Waals surface area contributed by atoms with Crippen molar-refractivity contribution in [2.75, 3.05) is 19.7 Å². The van der Waals surface area contributed by atoms with Crippen molar-refractivity contribution in [3.8, 4) is 5.69 Å². The van der Waals surface area contributed by atoms with Crippen LogP contribution in [0.5, 0.6) is 0 Å². The lowest BCUT2D eigenvalue weighted by Crippen LogP contribution is -2.48. The van der Waals surface area contributed by atoms with E-state index >= 15 is 0 Å². The van der Waals surface area contributed by atoms with Gasteiger partial charge in [-0.1, -0.05) is 29.8 Å². The predicted molar refractivity (Wildman–Crippen MR) is 140 cm³/mol. The topological polar surface area (TPSA) is 104 Å². The molecule has 2 heterocycles. The number of esters is 1. The number of carbonyl (C=O) groups is 2. The number of carbonyl (C=O) groups excluding carboxylic acids is 2. The van der Waals surface area contributed by atoms with E-state index in [1.807, 2.05) is 0 Å². The Morgan fingerprint density at radius 2 is 1.73 bits per heavy atom. The summed E-state index contributed by atoms with van der Waals surface area (Å²) >= 11 is 6.24. The minimum absolute atomic E-state index is 0.165. The number of rotatable bonds is 6. The highest BCUT2D eigenvalue weighted by Crippen LogP contribution is 2.29. The zero-order valence-electron chi connectivity index (χ0n) is 21.7. The lowest BCUT2D eigenvalue weighted by molar-refractivity contribution is -0.149. The average molecular weight is 579 g/mol. The van der Waals surface area contributed by atoms with Crippen LogP contribution in [0.2, 0.25) is 5.02 Å². The molecule has 0 unspecified atom stereocenters. The molecular weight excluding hydrogens is 553 g/mol. The normalized spacial score (nSPS) is 14.3. The molecule has 212 valence electrons. The van der Waals surface area contributed by atoms with Gasteiger partial charge in [0.05, 0.1) is 30.3 Å². The van der Waals surface area contributed by atoms with E-state index in [2.05, 4.69) is 5.10 Å². The molecule has 0 N–H and O–H groups in total. The van der Waals surface area contributed by atoms with Crippen molar-refractivity contribution in [1.29, 1.82) is 0 Å².